The van der Waals surface area contributed by atoms with E-state index in [9.17, 15) is 9.59 Å². The normalized spacial score (nSPS) is 11.0. The van der Waals surface area contributed by atoms with E-state index in [1.165, 1.54) is 13.3 Å². The van der Waals surface area contributed by atoms with E-state index in [1.807, 2.05) is 48.5 Å². The molecule has 0 radical (unpaired) electrons. The Morgan fingerprint density at radius 3 is 2.68 bits per heavy atom. The van der Waals surface area contributed by atoms with Gasteiger partial charge in [-0.1, -0.05) is 54.6 Å². The number of amides is 1. The number of hydrazone groups is 1. The number of hydrogen-bond donors (Lipinski definition) is 1. The molecule has 0 aliphatic carbocycles. The molecule has 1 aromatic heterocycles. The second kappa shape index (κ2) is 9.09. The topological polar surface area (TPSA) is 80.9 Å². The van der Waals surface area contributed by atoms with Crippen LogP contribution in [0, 0.1) is 0 Å². The van der Waals surface area contributed by atoms with Gasteiger partial charge in [0.15, 0.2) is 0 Å². The number of nitrogens with zero attached hydrogens (tertiary/aromatic N) is 1. The number of methoxy groups -OCH3 is 1. The predicted octanol–water partition coefficient (Wildman–Crippen LogP) is 4.58. The molecule has 4 rings (SSSR count). The van der Waals surface area contributed by atoms with E-state index in [0.717, 1.165) is 21.9 Å². The summed E-state index contributed by atoms with van der Waals surface area (Å²) in [7, 11) is 1.34. The molecule has 6 nitrogen and oxygen atoms in total. The number of nitrogens with one attached hydrogen (secondary N) is 1. The van der Waals surface area contributed by atoms with Crippen molar-refractivity contribution in [3.63, 3.8) is 0 Å². The van der Waals surface area contributed by atoms with Crippen molar-refractivity contribution in [3.05, 3.63) is 95.7 Å². The number of carbonyl (C=O) groups is 2. The van der Waals surface area contributed by atoms with Gasteiger partial charge in [0, 0.05) is 5.56 Å². The van der Waals surface area contributed by atoms with Gasteiger partial charge in [-0.25, -0.2) is 10.2 Å². The zero-order chi connectivity index (χ0) is 21.6. The van der Waals surface area contributed by atoms with Crippen LogP contribution in [0.15, 0.2) is 88.4 Å². The van der Waals surface area contributed by atoms with Gasteiger partial charge < -0.3 is 9.15 Å². The fraction of sp³-hybridized carbons (Fsp3) is 0.0800. The first-order chi connectivity index (χ1) is 15.1. The predicted molar refractivity (Wildman–Crippen MR) is 119 cm³/mol. The highest BCUT2D eigenvalue weighted by Crippen LogP contribution is 2.23. The van der Waals surface area contributed by atoms with Gasteiger partial charge in [-0.3, -0.25) is 4.79 Å². The minimum Gasteiger partial charge on any atom is -0.465 e. The lowest BCUT2D eigenvalue weighted by molar-refractivity contribution is -0.120. The first kappa shape index (κ1) is 20.1. The molecule has 154 valence electrons. The molecule has 0 fully saturated rings. The number of benzene rings is 3. The fourth-order valence-corrected chi connectivity index (χ4v) is 3.32. The van der Waals surface area contributed by atoms with Gasteiger partial charge in [0.05, 0.1) is 25.3 Å². The van der Waals surface area contributed by atoms with Crippen LogP contribution in [0.4, 0.5) is 0 Å². The molecule has 1 amide bonds. The van der Waals surface area contributed by atoms with Crippen molar-refractivity contribution < 1.29 is 18.7 Å². The Hall–Kier alpha value is -4.19. The van der Waals surface area contributed by atoms with E-state index in [2.05, 4.69) is 10.5 Å². The van der Waals surface area contributed by atoms with Crippen molar-refractivity contribution in [2.75, 3.05) is 7.11 Å². The van der Waals surface area contributed by atoms with Crippen LogP contribution < -0.4 is 5.43 Å². The second-order valence-electron chi connectivity index (χ2n) is 6.88. The van der Waals surface area contributed by atoms with Gasteiger partial charge in [0.2, 0.25) is 5.91 Å². The number of hydrogen-bond acceptors (Lipinski definition) is 5. The Kier molecular flexibility index (Phi) is 5.89. The van der Waals surface area contributed by atoms with Gasteiger partial charge >= 0.3 is 5.97 Å². The molecule has 0 aliphatic heterocycles. The molecular weight excluding hydrogens is 392 g/mol. The van der Waals surface area contributed by atoms with Crippen molar-refractivity contribution in [3.8, 4) is 11.3 Å². The molecule has 0 aliphatic rings. The van der Waals surface area contributed by atoms with E-state index >= 15 is 0 Å². The molecule has 0 spiro atoms. The summed E-state index contributed by atoms with van der Waals surface area (Å²) in [6, 6.07) is 24.3. The molecular formula is C25H20N2O4. The Labute approximate surface area is 179 Å². The van der Waals surface area contributed by atoms with Crippen LogP contribution in [0.5, 0.6) is 0 Å². The number of carbonyl (C=O) groups excluding carboxylic acids is 2. The molecule has 0 bridgehead atoms. The third kappa shape index (κ3) is 4.70. The Balaban J connectivity index is 1.40. The number of furan rings is 1. The molecule has 31 heavy (non-hydrogen) atoms. The molecule has 0 saturated heterocycles. The molecule has 6 heteroatoms. The smallest absolute Gasteiger partial charge is 0.337 e. The Bertz CT molecular complexity index is 1270. The summed E-state index contributed by atoms with van der Waals surface area (Å²) in [4.78, 5) is 24.0. The summed E-state index contributed by atoms with van der Waals surface area (Å²) < 4.78 is 10.5. The molecule has 1 heterocycles. The van der Waals surface area contributed by atoms with Crippen LogP contribution in [0.3, 0.4) is 0 Å². The lowest BCUT2D eigenvalue weighted by Crippen LogP contribution is -2.19. The standard InChI is InChI=1S/C25H20N2O4/c1-30-25(29)20-10-5-9-19(14-20)23-13-12-21(31-23)16-26-27-24(28)15-18-8-4-7-17-6-2-3-11-22(17)18/h2-14,16H,15H2,1H3,(H,27,28)/b26-16-. The molecule has 0 saturated carbocycles. The zero-order valence-corrected chi connectivity index (χ0v) is 16.9. The zero-order valence-electron chi connectivity index (χ0n) is 16.9. The highest BCUT2D eigenvalue weighted by atomic mass is 16.5. The van der Waals surface area contributed by atoms with E-state index in [0.29, 0.717) is 17.1 Å². The van der Waals surface area contributed by atoms with Crippen molar-refractivity contribution in [2.24, 2.45) is 5.10 Å². The third-order valence-corrected chi connectivity index (χ3v) is 4.81. The van der Waals surface area contributed by atoms with Crippen molar-refractivity contribution in [2.45, 2.75) is 6.42 Å². The maximum absolute atomic E-state index is 12.3. The summed E-state index contributed by atoms with van der Waals surface area (Å²) in [5.41, 5.74) is 4.65. The van der Waals surface area contributed by atoms with Crippen LogP contribution in [-0.2, 0) is 16.0 Å². The highest BCUT2D eigenvalue weighted by Gasteiger charge is 2.10. The average Bonchev–Trinajstić information content (AvgIpc) is 3.28. The van der Waals surface area contributed by atoms with Gasteiger partial charge in [-0.05, 0) is 40.6 Å². The highest BCUT2D eigenvalue weighted by molar-refractivity contribution is 5.91. The van der Waals surface area contributed by atoms with E-state index < -0.39 is 5.97 Å². The number of rotatable bonds is 6. The second-order valence-corrected chi connectivity index (χ2v) is 6.88. The maximum Gasteiger partial charge on any atom is 0.337 e. The van der Waals surface area contributed by atoms with Crippen LogP contribution in [0.1, 0.15) is 21.7 Å². The van der Waals surface area contributed by atoms with Crippen LogP contribution in [0.25, 0.3) is 22.1 Å². The monoisotopic (exact) mass is 412 g/mol. The molecule has 0 atom stereocenters. The van der Waals surface area contributed by atoms with Crippen LogP contribution in [-0.4, -0.2) is 25.2 Å². The maximum atomic E-state index is 12.3. The molecule has 3 aromatic carbocycles. The summed E-state index contributed by atoms with van der Waals surface area (Å²) in [6.07, 6.45) is 1.66. The summed E-state index contributed by atoms with van der Waals surface area (Å²) in [6.45, 7) is 0. The lowest BCUT2D eigenvalue weighted by atomic mass is 10.0. The minimum absolute atomic E-state index is 0.217. The first-order valence-electron chi connectivity index (χ1n) is 9.71. The quantitative estimate of drug-likeness (QED) is 0.286. The number of fused-ring (bicyclic) bond motifs is 1. The SMILES string of the molecule is COC(=O)c1cccc(-c2ccc(/C=N\NC(=O)Cc3cccc4ccccc34)o2)c1. The summed E-state index contributed by atoms with van der Waals surface area (Å²) in [5, 5.41) is 6.13. The molecule has 4 aromatic rings. The van der Waals surface area contributed by atoms with Gasteiger partial charge in [0.25, 0.3) is 0 Å². The number of esters is 1. The summed E-state index contributed by atoms with van der Waals surface area (Å²) >= 11 is 0. The Morgan fingerprint density at radius 1 is 1.00 bits per heavy atom. The van der Waals surface area contributed by atoms with Crippen LogP contribution >= 0.6 is 0 Å². The average molecular weight is 412 g/mol. The van der Waals surface area contributed by atoms with E-state index in [-0.39, 0.29) is 12.3 Å². The summed E-state index contributed by atoms with van der Waals surface area (Å²) in [5.74, 6) is 0.424. The lowest BCUT2D eigenvalue weighted by Gasteiger charge is -2.05. The van der Waals surface area contributed by atoms with Crippen molar-refractivity contribution >= 4 is 28.9 Å². The van der Waals surface area contributed by atoms with Gasteiger partial charge in [-0.2, -0.15) is 5.10 Å². The first-order valence-corrected chi connectivity index (χ1v) is 9.71. The van der Waals surface area contributed by atoms with Crippen molar-refractivity contribution in [1.29, 1.82) is 0 Å². The largest absolute Gasteiger partial charge is 0.465 e. The van der Waals surface area contributed by atoms with E-state index in [1.54, 1.807) is 30.3 Å². The molecule has 0 unspecified atom stereocenters. The van der Waals surface area contributed by atoms with Crippen LogP contribution in [0.2, 0.25) is 0 Å². The Morgan fingerprint density at radius 2 is 1.81 bits per heavy atom. The van der Waals surface area contributed by atoms with E-state index in [4.69, 9.17) is 9.15 Å². The van der Waals surface area contributed by atoms with Gasteiger partial charge in [-0.15, -0.1) is 0 Å². The fourth-order valence-electron chi connectivity index (χ4n) is 3.32. The van der Waals surface area contributed by atoms with Gasteiger partial charge in [0.1, 0.15) is 11.5 Å². The third-order valence-electron chi connectivity index (χ3n) is 4.81. The molecule has 1 N–H and O–H groups in total. The van der Waals surface area contributed by atoms with Crippen molar-refractivity contribution in [1.82, 2.24) is 5.43 Å². The number of ether oxygens (including phenoxy) is 1. The minimum atomic E-state index is -0.413.